The van der Waals surface area contributed by atoms with Crippen LogP contribution in [0.3, 0.4) is 0 Å². The van der Waals surface area contributed by atoms with Crippen LogP contribution in [0.25, 0.3) is 0 Å². The Kier molecular flexibility index (Phi) is 4.57. The van der Waals surface area contributed by atoms with Gasteiger partial charge in [-0.25, -0.2) is 0 Å². The molecular weight excluding hydrogens is 256 g/mol. The van der Waals surface area contributed by atoms with Gasteiger partial charge in [0.25, 0.3) is 0 Å². The molecule has 3 heteroatoms. The number of hydrogen-bond acceptors (Lipinski definition) is 2. The Morgan fingerprint density at radius 3 is 2.53 bits per heavy atom. The summed E-state index contributed by atoms with van der Waals surface area (Å²) in [6.45, 7) is 0.568. The Bertz CT molecular complexity index is 584. The zero-order chi connectivity index (χ0) is 13.7. The normalized spacial score (nSPS) is 11.8. The maximum absolute atomic E-state index is 8.91. The SMILES string of the molecule is N#Cc1cccc(CC(CN)c2ccc(Cl)cc2)c1. The monoisotopic (exact) mass is 270 g/mol. The molecule has 96 valence electrons. The van der Waals surface area contributed by atoms with Crippen molar-refractivity contribution < 1.29 is 0 Å². The number of nitrogens with zero attached hydrogens (tertiary/aromatic N) is 1. The molecule has 0 aliphatic carbocycles. The first kappa shape index (κ1) is 13.6. The third-order valence-electron chi connectivity index (χ3n) is 3.16. The first-order valence-corrected chi connectivity index (χ1v) is 6.55. The first-order chi connectivity index (χ1) is 9.22. The van der Waals surface area contributed by atoms with Gasteiger partial charge in [0, 0.05) is 10.9 Å². The molecule has 2 nitrogen and oxygen atoms in total. The summed E-state index contributed by atoms with van der Waals surface area (Å²) in [4.78, 5) is 0. The summed E-state index contributed by atoms with van der Waals surface area (Å²) in [5.74, 6) is 0.242. The molecule has 0 fully saturated rings. The minimum Gasteiger partial charge on any atom is -0.330 e. The molecule has 0 radical (unpaired) electrons. The highest BCUT2D eigenvalue weighted by atomic mass is 35.5. The predicted octanol–water partition coefficient (Wildman–Crippen LogP) is 3.50. The molecule has 2 rings (SSSR count). The molecule has 2 aromatic carbocycles. The van der Waals surface area contributed by atoms with Crippen molar-refractivity contribution in [3.8, 4) is 6.07 Å². The second-order valence-electron chi connectivity index (χ2n) is 4.50. The molecule has 1 atom stereocenters. The maximum Gasteiger partial charge on any atom is 0.0991 e. The number of nitrogens with two attached hydrogens (primary N) is 1. The van der Waals surface area contributed by atoms with E-state index in [1.54, 1.807) is 0 Å². The smallest absolute Gasteiger partial charge is 0.0991 e. The molecule has 0 amide bonds. The topological polar surface area (TPSA) is 49.8 Å². The molecule has 0 saturated carbocycles. The molecule has 0 aromatic heterocycles. The van der Waals surface area contributed by atoms with Crippen LogP contribution in [0.2, 0.25) is 5.02 Å². The van der Waals surface area contributed by atoms with Crippen LogP contribution in [0.5, 0.6) is 0 Å². The molecule has 0 bridgehead atoms. The third kappa shape index (κ3) is 3.57. The van der Waals surface area contributed by atoms with Crippen LogP contribution < -0.4 is 5.73 Å². The highest BCUT2D eigenvalue weighted by Crippen LogP contribution is 2.22. The summed E-state index contributed by atoms with van der Waals surface area (Å²) in [5, 5.41) is 9.64. The fourth-order valence-corrected chi connectivity index (χ4v) is 2.25. The molecule has 2 aromatic rings. The van der Waals surface area contributed by atoms with Gasteiger partial charge in [-0.2, -0.15) is 5.26 Å². The summed E-state index contributed by atoms with van der Waals surface area (Å²) in [6, 6.07) is 17.6. The summed E-state index contributed by atoms with van der Waals surface area (Å²) in [5.41, 5.74) is 8.85. The first-order valence-electron chi connectivity index (χ1n) is 6.17. The third-order valence-corrected chi connectivity index (χ3v) is 3.42. The van der Waals surface area contributed by atoms with E-state index in [1.807, 2.05) is 48.5 Å². The molecule has 1 unspecified atom stereocenters. The fourth-order valence-electron chi connectivity index (χ4n) is 2.12. The van der Waals surface area contributed by atoms with Crippen molar-refractivity contribution in [2.45, 2.75) is 12.3 Å². The Balaban J connectivity index is 2.19. The van der Waals surface area contributed by atoms with Gasteiger partial charge in [0.1, 0.15) is 0 Å². The Morgan fingerprint density at radius 2 is 1.89 bits per heavy atom. The lowest BCUT2D eigenvalue weighted by atomic mass is 9.91. The second kappa shape index (κ2) is 6.38. The van der Waals surface area contributed by atoms with E-state index >= 15 is 0 Å². The minimum absolute atomic E-state index is 0.242. The lowest BCUT2D eigenvalue weighted by Gasteiger charge is -2.15. The van der Waals surface area contributed by atoms with Crippen LogP contribution in [-0.2, 0) is 6.42 Å². The van der Waals surface area contributed by atoms with Crippen LogP contribution in [0.1, 0.15) is 22.6 Å². The predicted molar refractivity (Wildman–Crippen MR) is 78.1 cm³/mol. The average molecular weight is 271 g/mol. The van der Waals surface area contributed by atoms with Gasteiger partial charge in [-0.05, 0) is 48.4 Å². The quantitative estimate of drug-likeness (QED) is 0.924. The van der Waals surface area contributed by atoms with Gasteiger partial charge in [0.15, 0.2) is 0 Å². The standard InChI is InChI=1S/C16H15ClN2/c17-16-6-4-14(5-7-16)15(11-19)9-12-2-1-3-13(8-12)10-18/h1-8,15H,9,11,19H2. The zero-order valence-corrected chi connectivity index (χ0v) is 11.3. The number of benzene rings is 2. The summed E-state index contributed by atoms with van der Waals surface area (Å²) in [6.07, 6.45) is 0.827. The maximum atomic E-state index is 8.91. The number of rotatable bonds is 4. The van der Waals surface area contributed by atoms with Gasteiger partial charge >= 0.3 is 0 Å². The number of halogens is 1. The highest BCUT2D eigenvalue weighted by molar-refractivity contribution is 6.30. The van der Waals surface area contributed by atoms with E-state index in [0.717, 1.165) is 17.0 Å². The zero-order valence-electron chi connectivity index (χ0n) is 10.5. The Morgan fingerprint density at radius 1 is 1.16 bits per heavy atom. The van der Waals surface area contributed by atoms with E-state index in [9.17, 15) is 0 Å². The molecular formula is C16H15ClN2. The summed E-state index contributed by atoms with van der Waals surface area (Å²) >= 11 is 5.89. The van der Waals surface area contributed by atoms with Gasteiger partial charge in [-0.15, -0.1) is 0 Å². The van der Waals surface area contributed by atoms with Crippen LogP contribution in [0.4, 0.5) is 0 Å². The lowest BCUT2D eigenvalue weighted by molar-refractivity contribution is 0.694. The van der Waals surface area contributed by atoms with Crippen molar-refractivity contribution in [2.75, 3.05) is 6.54 Å². The van der Waals surface area contributed by atoms with E-state index in [4.69, 9.17) is 22.6 Å². The van der Waals surface area contributed by atoms with E-state index in [0.29, 0.717) is 12.1 Å². The van der Waals surface area contributed by atoms with E-state index in [2.05, 4.69) is 6.07 Å². The Labute approximate surface area is 118 Å². The average Bonchev–Trinajstić information content (AvgIpc) is 2.46. The van der Waals surface area contributed by atoms with Gasteiger partial charge in [-0.3, -0.25) is 0 Å². The largest absolute Gasteiger partial charge is 0.330 e. The van der Waals surface area contributed by atoms with Gasteiger partial charge in [0.05, 0.1) is 11.6 Å². The minimum atomic E-state index is 0.242. The van der Waals surface area contributed by atoms with E-state index in [1.165, 1.54) is 5.56 Å². The van der Waals surface area contributed by atoms with Crippen molar-refractivity contribution in [3.05, 3.63) is 70.2 Å². The molecule has 0 aliphatic heterocycles. The van der Waals surface area contributed by atoms with E-state index < -0.39 is 0 Å². The van der Waals surface area contributed by atoms with Crippen molar-refractivity contribution in [1.82, 2.24) is 0 Å². The fraction of sp³-hybridized carbons (Fsp3) is 0.188. The molecule has 0 heterocycles. The van der Waals surface area contributed by atoms with Crippen LogP contribution in [0, 0.1) is 11.3 Å². The van der Waals surface area contributed by atoms with E-state index in [-0.39, 0.29) is 5.92 Å². The van der Waals surface area contributed by atoms with Gasteiger partial charge in [0.2, 0.25) is 0 Å². The summed E-state index contributed by atoms with van der Waals surface area (Å²) < 4.78 is 0. The lowest BCUT2D eigenvalue weighted by Crippen LogP contribution is -2.15. The highest BCUT2D eigenvalue weighted by Gasteiger charge is 2.11. The Hall–Kier alpha value is -1.82. The van der Waals surface area contributed by atoms with Crippen LogP contribution >= 0.6 is 11.6 Å². The van der Waals surface area contributed by atoms with Crippen molar-refractivity contribution in [3.63, 3.8) is 0 Å². The van der Waals surface area contributed by atoms with Gasteiger partial charge in [-0.1, -0.05) is 35.9 Å². The van der Waals surface area contributed by atoms with Crippen molar-refractivity contribution >= 4 is 11.6 Å². The molecule has 0 aliphatic rings. The molecule has 2 N–H and O–H groups in total. The van der Waals surface area contributed by atoms with Crippen LogP contribution in [-0.4, -0.2) is 6.54 Å². The number of nitriles is 1. The van der Waals surface area contributed by atoms with Crippen LogP contribution in [0.15, 0.2) is 48.5 Å². The van der Waals surface area contributed by atoms with Gasteiger partial charge < -0.3 is 5.73 Å². The number of hydrogen-bond donors (Lipinski definition) is 1. The summed E-state index contributed by atoms with van der Waals surface area (Å²) in [7, 11) is 0. The molecule has 0 spiro atoms. The molecule has 0 saturated heterocycles. The molecule has 19 heavy (non-hydrogen) atoms. The van der Waals surface area contributed by atoms with Crippen molar-refractivity contribution in [1.29, 1.82) is 5.26 Å². The van der Waals surface area contributed by atoms with Crippen molar-refractivity contribution in [2.24, 2.45) is 5.73 Å². The second-order valence-corrected chi connectivity index (χ2v) is 4.94.